The van der Waals surface area contributed by atoms with Gasteiger partial charge in [-0.3, -0.25) is 28.8 Å². The van der Waals surface area contributed by atoms with Crippen molar-refractivity contribution in [1.29, 1.82) is 0 Å². The number of aldehydes is 1. The Balaban J connectivity index is 1.50. The van der Waals surface area contributed by atoms with E-state index in [1.807, 2.05) is 33.8 Å². The Hall–Kier alpha value is -4.72. The van der Waals surface area contributed by atoms with Gasteiger partial charge in [0.15, 0.2) is 11.6 Å². The van der Waals surface area contributed by atoms with Crippen molar-refractivity contribution in [2.45, 2.75) is 99.1 Å². The molecule has 1 aromatic rings. The number of carbonyl (C=O) groups excluding carboxylic acids is 6. The maximum absolute atomic E-state index is 13.5. The standard InChI is InChI=1S/C39H47NO12/c1-18(15-12-16-41)32(49-24(7)42)22(5)34-23(6)33(50-38(8,9)51-34)19(2)13-11-14-20(3)37(47)40-25-17-26(43)27-28(31(25)45)30(44)21(4)35-29(27)36(46)39(10,48)52-35/h11-19,22-23,32-34,44,48H,1-10H3,(H,40,47)/b13-11+,15-12-,20-14-/t18-,19+,22+,23-,32-,33+,34+,39+/m1/s1. The third-order valence-corrected chi connectivity index (χ3v) is 9.71. The van der Waals surface area contributed by atoms with Gasteiger partial charge < -0.3 is 34.5 Å². The number of nitrogens with one attached hydrogen (secondary N) is 1. The first kappa shape index (κ1) is 40.1. The minimum atomic E-state index is -2.28. The van der Waals surface area contributed by atoms with E-state index in [0.29, 0.717) is 6.29 Å². The van der Waals surface area contributed by atoms with Crippen LogP contribution in [0.5, 0.6) is 11.5 Å². The van der Waals surface area contributed by atoms with E-state index in [4.69, 9.17) is 18.9 Å². The summed E-state index contributed by atoms with van der Waals surface area (Å²) in [5.41, 5.74) is -1.38. The molecule has 3 N–H and O–H groups in total. The number of phenols is 1. The molecule has 0 radical (unpaired) electrons. The molecule has 0 aromatic heterocycles. The first-order valence-corrected chi connectivity index (χ1v) is 17.1. The molecule has 1 aliphatic carbocycles. The van der Waals surface area contributed by atoms with Gasteiger partial charge in [-0.2, -0.15) is 0 Å². The van der Waals surface area contributed by atoms with Crippen LogP contribution >= 0.6 is 0 Å². The Labute approximate surface area is 302 Å². The molecular weight excluding hydrogens is 674 g/mol. The monoisotopic (exact) mass is 721 g/mol. The smallest absolute Gasteiger partial charge is 0.302 e. The highest BCUT2D eigenvalue weighted by molar-refractivity contribution is 6.30. The fourth-order valence-electron chi connectivity index (χ4n) is 7.07. The van der Waals surface area contributed by atoms with E-state index in [1.165, 1.54) is 32.9 Å². The number of Topliss-reactive ketones (excluding diaryl/α,β-unsaturated/α-hetero) is 2. The van der Waals surface area contributed by atoms with Gasteiger partial charge in [0.1, 0.15) is 23.9 Å². The quantitative estimate of drug-likeness (QED) is 0.125. The minimum Gasteiger partial charge on any atom is -0.507 e. The second-order valence-corrected chi connectivity index (χ2v) is 14.4. The number of ketones is 3. The Morgan fingerprint density at radius 1 is 0.981 bits per heavy atom. The van der Waals surface area contributed by atoms with E-state index in [0.717, 1.165) is 13.0 Å². The SMILES string of the molecule is CC(=O)O[C@@H]([C@H](C)[C@@H]1OC(C)(C)O[C@@H]([C@@H](C)/C=C/C=C(/C)C(=O)NC2=CC(=O)c3c(c(O)c(C)c4c3C(=O)[C@@](C)(O)O4)C2=O)[C@H]1C)[C@H](C)/C=C\C=O. The molecule has 13 heteroatoms. The van der Waals surface area contributed by atoms with Crippen LogP contribution in [0.3, 0.4) is 0 Å². The van der Waals surface area contributed by atoms with Crippen molar-refractivity contribution in [3.63, 3.8) is 0 Å². The molecule has 2 heterocycles. The van der Waals surface area contributed by atoms with Crippen molar-refractivity contribution < 1.29 is 57.9 Å². The summed E-state index contributed by atoms with van der Waals surface area (Å²) < 4.78 is 23.7. The lowest BCUT2D eigenvalue weighted by Gasteiger charge is -2.49. The number of phenolic OH excluding ortho intramolecular Hbond substituents is 1. The second-order valence-electron chi connectivity index (χ2n) is 14.4. The molecule has 1 amide bonds. The molecule has 0 unspecified atom stereocenters. The topological polar surface area (TPSA) is 192 Å². The minimum absolute atomic E-state index is 0.0126. The molecular formula is C39H47NO12. The number of rotatable bonds is 11. The van der Waals surface area contributed by atoms with Crippen LogP contribution in [0.15, 0.2) is 47.7 Å². The van der Waals surface area contributed by atoms with Crippen molar-refractivity contribution in [3.8, 4) is 11.5 Å². The highest BCUT2D eigenvalue weighted by atomic mass is 16.7. The summed E-state index contributed by atoms with van der Waals surface area (Å²) in [5, 5.41) is 23.6. The highest BCUT2D eigenvalue weighted by Crippen LogP contribution is 2.47. The molecule has 0 spiro atoms. The predicted octanol–water partition coefficient (Wildman–Crippen LogP) is 4.62. The summed E-state index contributed by atoms with van der Waals surface area (Å²) in [7, 11) is 0. The molecule has 280 valence electrons. The summed E-state index contributed by atoms with van der Waals surface area (Å²) in [6.45, 7) is 16.7. The summed E-state index contributed by atoms with van der Waals surface area (Å²) in [6, 6.07) is 0. The number of carbonyl (C=O) groups is 6. The molecule has 1 fully saturated rings. The first-order chi connectivity index (χ1) is 24.1. The van der Waals surface area contributed by atoms with Crippen molar-refractivity contribution >= 4 is 35.5 Å². The largest absolute Gasteiger partial charge is 0.507 e. The van der Waals surface area contributed by atoms with Gasteiger partial charge in [0.2, 0.25) is 11.6 Å². The highest BCUT2D eigenvalue weighted by Gasteiger charge is 2.50. The molecule has 0 saturated carbocycles. The zero-order valence-corrected chi connectivity index (χ0v) is 31.1. The number of hydrogen-bond donors (Lipinski definition) is 3. The number of aliphatic hydroxyl groups is 1. The van der Waals surface area contributed by atoms with Gasteiger partial charge in [0.05, 0.1) is 34.6 Å². The Morgan fingerprint density at radius 3 is 2.23 bits per heavy atom. The molecule has 1 saturated heterocycles. The van der Waals surface area contributed by atoms with E-state index in [-0.39, 0.29) is 58.3 Å². The maximum atomic E-state index is 13.5. The number of hydrogen-bond acceptors (Lipinski definition) is 12. The van der Waals surface area contributed by atoms with Crippen molar-refractivity contribution in [2.75, 3.05) is 0 Å². The fraction of sp³-hybridized carbons (Fsp3) is 0.487. The van der Waals surface area contributed by atoms with Crippen molar-refractivity contribution in [2.24, 2.45) is 23.7 Å². The lowest BCUT2D eigenvalue weighted by atomic mass is 9.78. The van der Waals surface area contributed by atoms with Crippen LogP contribution in [0, 0.1) is 30.6 Å². The van der Waals surface area contributed by atoms with E-state index in [2.05, 4.69) is 5.32 Å². The fourth-order valence-corrected chi connectivity index (χ4v) is 7.07. The van der Waals surface area contributed by atoms with Crippen LogP contribution in [-0.2, 0) is 28.6 Å². The number of ether oxygens (including phenoxy) is 4. The van der Waals surface area contributed by atoms with E-state index in [1.54, 1.807) is 26.0 Å². The number of amides is 1. The lowest BCUT2D eigenvalue weighted by Crippen LogP contribution is -2.56. The van der Waals surface area contributed by atoms with E-state index in [9.17, 15) is 39.0 Å². The number of fused-ring (bicyclic) bond motifs is 3. The third-order valence-electron chi connectivity index (χ3n) is 9.71. The molecule has 1 aromatic carbocycles. The third kappa shape index (κ3) is 7.86. The van der Waals surface area contributed by atoms with Gasteiger partial charge in [0.25, 0.3) is 11.7 Å². The zero-order valence-electron chi connectivity index (χ0n) is 31.1. The Bertz CT molecular complexity index is 1810. The van der Waals surface area contributed by atoms with Crippen molar-refractivity contribution in [1.82, 2.24) is 5.32 Å². The molecule has 52 heavy (non-hydrogen) atoms. The molecule has 2 aliphatic heterocycles. The normalized spacial score (nSPS) is 26.6. The molecule has 0 bridgehead atoms. The van der Waals surface area contributed by atoms with Gasteiger partial charge in [-0.15, -0.1) is 0 Å². The molecule has 13 nitrogen and oxygen atoms in total. The number of esters is 1. The van der Waals surface area contributed by atoms with Gasteiger partial charge in [-0.05, 0) is 33.8 Å². The summed E-state index contributed by atoms with van der Waals surface area (Å²) in [5.74, 6) is -8.71. The Morgan fingerprint density at radius 2 is 1.62 bits per heavy atom. The van der Waals surface area contributed by atoms with Gasteiger partial charge in [-0.25, -0.2) is 0 Å². The van der Waals surface area contributed by atoms with Gasteiger partial charge in [-0.1, -0.05) is 52.0 Å². The van der Waals surface area contributed by atoms with Crippen LogP contribution in [0.2, 0.25) is 0 Å². The average molecular weight is 722 g/mol. The van der Waals surface area contributed by atoms with Crippen LogP contribution in [-0.4, -0.2) is 75.6 Å². The predicted molar refractivity (Wildman–Crippen MR) is 187 cm³/mol. The second kappa shape index (κ2) is 15.1. The Kier molecular flexibility index (Phi) is 11.6. The number of benzene rings is 1. The van der Waals surface area contributed by atoms with Crippen molar-refractivity contribution in [3.05, 3.63) is 70.0 Å². The summed E-state index contributed by atoms with van der Waals surface area (Å²) in [6.07, 6.45) is 8.39. The lowest BCUT2D eigenvalue weighted by molar-refractivity contribution is -0.336. The first-order valence-electron chi connectivity index (χ1n) is 17.1. The van der Waals surface area contributed by atoms with Crippen LogP contribution < -0.4 is 10.1 Å². The van der Waals surface area contributed by atoms with Crippen LogP contribution in [0.1, 0.15) is 99.0 Å². The zero-order chi connectivity index (χ0) is 39.0. The summed E-state index contributed by atoms with van der Waals surface area (Å²) in [4.78, 5) is 75.6. The maximum Gasteiger partial charge on any atom is 0.302 e. The molecule has 8 atom stereocenters. The van der Waals surface area contributed by atoms with Crippen LogP contribution in [0.25, 0.3) is 0 Å². The van der Waals surface area contributed by atoms with E-state index < -0.39 is 69.5 Å². The van der Waals surface area contributed by atoms with Gasteiger partial charge >= 0.3 is 5.97 Å². The van der Waals surface area contributed by atoms with E-state index >= 15 is 0 Å². The number of aromatic hydroxyl groups is 1. The van der Waals surface area contributed by atoms with Gasteiger partial charge in [0, 0.05) is 54.7 Å². The number of allylic oxidation sites excluding steroid dienone is 5. The van der Waals surface area contributed by atoms with Crippen LogP contribution in [0.4, 0.5) is 0 Å². The average Bonchev–Trinajstić information content (AvgIpc) is 3.30. The summed E-state index contributed by atoms with van der Waals surface area (Å²) >= 11 is 0. The molecule has 4 rings (SSSR count). The molecule has 3 aliphatic rings.